The molecule has 0 saturated heterocycles. The zero-order chi connectivity index (χ0) is 14.3. The molecule has 0 aromatic carbocycles. The number of carbonyl (C=O) groups excluding carboxylic acids is 1. The molecule has 0 unspecified atom stereocenters. The van der Waals surface area contributed by atoms with Crippen LogP contribution in [0, 0.1) is 0 Å². The molecule has 0 aliphatic carbocycles. The molecule has 0 atom stereocenters. The van der Waals surface area contributed by atoms with Gasteiger partial charge < -0.3 is 9.47 Å². The fourth-order valence-electron chi connectivity index (χ4n) is 1.44. The lowest BCUT2D eigenvalue weighted by Gasteiger charge is -2.07. The van der Waals surface area contributed by atoms with Crippen LogP contribution >= 0.6 is 15.9 Å². The number of hydrogen-bond donors (Lipinski definition) is 0. The van der Waals surface area contributed by atoms with E-state index >= 15 is 0 Å². The first-order valence-electron chi connectivity index (χ1n) is 5.65. The quantitative estimate of drug-likeness (QED) is 0.510. The highest BCUT2D eigenvalue weighted by Crippen LogP contribution is 2.18. The Balaban J connectivity index is 2.53. The second-order valence-corrected chi connectivity index (χ2v) is 4.55. The number of nitrogens with zero attached hydrogens (tertiary/aromatic N) is 2. The average molecular weight is 341 g/mol. The third-order valence-corrected chi connectivity index (χ3v) is 2.86. The van der Waals surface area contributed by atoms with Crippen LogP contribution in [-0.2, 0) is 16.0 Å². The summed E-state index contributed by atoms with van der Waals surface area (Å²) in [5, 5.41) is 4.04. The second kappa shape index (κ2) is 8.34. The Morgan fingerprint density at radius 1 is 1.53 bits per heavy atom. The van der Waals surface area contributed by atoms with E-state index < -0.39 is 13.0 Å². The molecular weight excluding hydrogens is 326 g/mol. The summed E-state index contributed by atoms with van der Waals surface area (Å²) in [4.78, 5) is 12.0. The third kappa shape index (κ3) is 5.33. The van der Waals surface area contributed by atoms with Gasteiger partial charge in [0.15, 0.2) is 5.78 Å². The zero-order valence-corrected chi connectivity index (χ0v) is 12.0. The van der Waals surface area contributed by atoms with Crippen molar-refractivity contribution in [3.05, 3.63) is 16.4 Å². The summed E-state index contributed by atoms with van der Waals surface area (Å²) in [5.74, 6) is -0.213. The molecule has 1 heterocycles. The summed E-state index contributed by atoms with van der Waals surface area (Å²) in [5.41, 5.74) is 0.401. The minimum Gasteiger partial charge on any atom is -0.383 e. The van der Waals surface area contributed by atoms with Crippen molar-refractivity contribution in [1.82, 2.24) is 9.78 Å². The second-order valence-electron chi connectivity index (χ2n) is 3.70. The van der Waals surface area contributed by atoms with E-state index in [0.29, 0.717) is 23.3 Å². The lowest BCUT2D eigenvalue weighted by Crippen LogP contribution is -2.16. The van der Waals surface area contributed by atoms with E-state index in [9.17, 15) is 13.6 Å². The number of methoxy groups -OCH3 is 1. The van der Waals surface area contributed by atoms with Crippen molar-refractivity contribution in [3.8, 4) is 0 Å². The van der Waals surface area contributed by atoms with Crippen molar-refractivity contribution < 1.29 is 23.0 Å². The molecule has 19 heavy (non-hydrogen) atoms. The van der Waals surface area contributed by atoms with E-state index in [2.05, 4.69) is 25.8 Å². The minimum atomic E-state index is -2.52. The Bertz CT molecular complexity index is 413. The molecule has 0 fully saturated rings. The van der Waals surface area contributed by atoms with Gasteiger partial charge in [0.2, 0.25) is 0 Å². The molecule has 0 bridgehead atoms. The van der Waals surface area contributed by atoms with Crippen molar-refractivity contribution in [2.45, 2.75) is 19.4 Å². The fourth-order valence-corrected chi connectivity index (χ4v) is 1.96. The van der Waals surface area contributed by atoms with Gasteiger partial charge in [0.1, 0.15) is 12.3 Å². The number of halogens is 3. The molecule has 0 N–H and O–H groups in total. The summed E-state index contributed by atoms with van der Waals surface area (Å²) in [6.45, 7) is 0.180. The van der Waals surface area contributed by atoms with E-state index in [0.717, 1.165) is 0 Å². The number of rotatable bonds is 9. The standard InChI is InChI=1S/C11H15BrF2N2O3/c1-18-5-3-16-11(8(12)6-15-16)9(17)2-4-19-7-10(13)14/h6,10H,2-5,7H2,1H3. The van der Waals surface area contributed by atoms with Gasteiger partial charge in [0.05, 0.1) is 30.4 Å². The Labute approximate surface area is 118 Å². The van der Waals surface area contributed by atoms with Gasteiger partial charge in [-0.15, -0.1) is 0 Å². The zero-order valence-electron chi connectivity index (χ0n) is 10.4. The van der Waals surface area contributed by atoms with Crippen LogP contribution in [0.4, 0.5) is 8.78 Å². The fraction of sp³-hybridized carbons (Fsp3) is 0.636. The maximum absolute atomic E-state index is 12.0. The average Bonchev–Trinajstić information content (AvgIpc) is 2.73. The van der Waals surface area contributed by atoms with Gasteiger partial charge in [-0.3, -0.25) is 9.48 Å². The molecule has 0 spiro atoms. The summed E-state index contributed by atoms with van der Waals surface area (Å²) in [6.07, 6.45) is -0.971. The van der Waals surface area contributed by atoms with Crippen LogP contribution in [0.25, 0.3) is 0 Å². The van der Waals surface area contributed by atoms with E-state index in [1.807, 2.05) is 0 Å². The van der Waals surface area contributed by atoms with Gasteiger partial charge in [-0.05, 0) is 15.9 Å². The van der Waals surface area contributed by atoms with Gasteiger partial charge in [-0.25, -0.2) is 8.78 Å². The molecule has 0 radical (unpaired) electrons. The van der Waals surface area contributed by atoms with E-state index in [-0.39, 0.29) is 18.8 Å². The molecule has 1 rings (SSSR count). The predicted octanol–water partition coefficient (Wildman–Crippen LogP) is 2.15. The number of aromatic nitrogens is 2. The lowest BCUT2D eigenvalue weighted by molar-refractivity contribution is 0.0168. The topological polar surface area (TPSA) is 53.4 Å². The van der Waals surface area contributed by atoms with Crippen LogP contribution in [0.1, 0.15) is 16.9 Å². The first kappa shape index (κ1) is 16.2. The van der Waals surface area contributed by atoms with Crippen molar-refractivity contribution in [2.75, 3.05) is 26.9 Å². The number of ether oxygens (including phenoxy) is 2. The van der Waals surface area contributed by atoms with Gasteiger partial charge in [-0.1, -0.05) is 0 Å². The number of carbonyl (C=O) groups is 1. The summed E-state index contributed by atoms with van der Waals surface area (Å²) in [6, 6.07) is 0. The Kier molecular flexibility index (Phi) is 7.11. The van der Waals surface area contributed by atoms with Crippen LogP contribution < -0.4 is 0 Å². The highest BCUT2D eigenvalue weighted by Gasteiger charge is 2.17. The Morgan fingerprint density at radius 3 is 2.89 bits per heavy atom. The van der Waals surface area contributed by atoms with E-state index in [1.54, 1.807) is 7.11 Å². The largest absolute Gasteiger partial charge is 0.383 e. The Morgan fingerprint density at radius 2 is 2.26 bits per heavy atom. The molecule has 0 saturated carbocycles. The van der Waals surface area contributed by atoms with Crippen LogP contribution in [0.5, 0.6) is 0 Å². The Hall–Kier alpha value is -0.860. The number of alkyl halides is 2. The van der Waals surface area contributed by atoms with E-state index in [1.165, 1.54) is 10.9 Å². The van der Waals surface area contributed by atoms with Gasteiger partial charge in [0.25, 0.3) is 6.43 Å². The van der Waals surface area contributed by atoms with Crippen molar-refractivity contribution in [3.63, 3.8) is 0 Å². The maximum atomic E-state index is 12.0. The normalized spacial score (nSPS) is 11.2. The smallest absolute Gasteiger partial charge is 0.261 e. The predicted molar refractivity (Wildman–Crippen MR) is 67.6 cm³/mol. The first-order chi connectivity index (χ1) is 9.06. The molecule has 1 aromatic rings. The van der Waals surface area contributed by atoms with Crippen molar-refractivity contribution >= 4 is 21.7 Å². The summed E-state index contributed by atoms with van der Waals surface area (Å²) < 4.78 is 35.4. The van der Waals surface area contributed by atoms with Crippen LogP contribution in [0.2, 0.25) is 0 Å². The molecule has 1 aromatic heterocycles. The molecule has 5 nitrogen and oxygen atoms in total. The highest BCUT2D eigenvalue weighted by molar-refractivity contribution is 9.10. The first-order valence-corrected chi connectivity index (χ1v) is 6.45. The SMILES string of the molecule is COCCn1ncc(Br)c1C(=O)CCOCC(F)F. The van der Waals surface area contributed by atoms with Gasteiger partial charge in [0, 0.05) is 13.5 Å². The maximum Gasteiger partial charge on any atom is 0.261 e. The number of ketones is 1. The van der Waals surface area contributed by atoms with Gasteiger partial charge in [-0.2, -0.15) is 5.10 Å². The number of Topliss-reactive ketones (excluding diaryl/α,β-unsaturated/α-hetero) is 1. The summed E-state index contributed by atoms with van der Waals surface area (Å²) >= 11 is 3.24. The molecule has 0 aliphatic rings. The van der Waals surface area contributed by atoms with Crippen molar-refractivity contribution in [2.24, 2.45) is 0 Å². The van der Waals surface area contributed by atoms with Crippen LogP contribution in [-0.4, -0.2) is 48.9 Å². The summed E-state index contributed by atoms with van der Waals surface area (Å²) in [7, 11) is 1.55. The van der Waals surface area contributed by atoms with Crippen molar-refractivity contribution in [1.29, 1.82) is 0 Å². The minimum absolute atomic E-state index is 0.0317. The van der Waals surface area contributed by atoms with Crippen LogP contribution in [0.3, 0.4) is 0 Å². The molecule has 0 amide bonds. The molecule has 0 aliphatic heterocycles. The number of hydrogen-bond acceptors (Lipinski definition) is 4. The van der Waals surface area contributed by atoms with Crippen LogP contribution in [0.15, 0.2) is 10.7 Å². The van der Waals surface area contributed by atoms with Gasteiger partial charge >= 0.3 is 0 Å². The monoisotopic (exact) mass is 340 g/mol. The molecule has 8 heteroatoms. The van der Waals surface area contributed by atoms with E-state index in [4.69, 9.17) is 4.74 Å². The lowest BCUT2D eigenvalue weighted by atomic mass is 10.2. The third-order valence-electron chi connectivity index (χ3n) is 2.28. The molecular formula is C11H15BrF2N2O3. The highest BCUT2D eigenvalue weighted by atomic mass is 79.9. The molecule has 108 valence electrons.